The average Bonchev–Trinajstić information content (AvgIpc) is 2.60. The molecule has 1 aromatic carbocycles. The Hall–Kier alpha value is -1.86. The van der Waals surface area contributed by atoms with Crippen molar-refractivity contribution in [1.82, 2.24) is 5.32 Å². The first kappa shape index (κ1) is 18.9. The summed E-state index contributed by atoms with van der Waals surface area (Å²) in [5, 5.41) is 22.4. The van der Waals surface area contributed by atoms with Crippen molar-refractivity contribution in [3.05, 3.63) is 41.4 Å². The number of aliphatic hydroxyl groups is 2. The van der Waals surface area contributed by atoms with Gasteiger partial charge in [-0.3, -0.25) is 4.79 Å². The Kier molecular flexibility index (Phi) is 6.32. The molecule has 0 spiro atoms. The first-order chi connectivity index (χ1) is 12.6. The highest BCUT2D eigenvalue weighted by Gasteiger charge is 2.38. The molecule has 0 saturated heterocycles. The number of benzene rings is 1. The molecule has 2 rings (SSSR count). The quantitative estimate of drug-likeness (QED) is 0.716. The summed E-state index contributed by atoms with van der Waals surface area (Å²) in [5.74, 6) is -2.06. The molecule has 1 aromatic rings. The zero-order valence-electron chi connectivity index (χ0n) is 15.4. The second-order valence-electron chi connectivity index (χ2n) is 6.63. The predicted molar refractivity (Wildman–Crippen MR) is 92.2 cm³/mol. The van der Waals surface area contributed by atoms with Gasteiger partial charge in [-0.05, 0) is 36.5 Å². The number of hydrogen-bond donors (Lipinski definition) is 3. The van der Waals surface area contributed by atoms with Crippen LogP contribution in [0.15, 0.2) is 30.3 Å². The van der Waals surface area contributed by atoms with E-state index in [9.17, 15) is 28.2 Å². The van der Waals surface area contributed by atoms with E-state index in [0.717, 1.165) is 19.3 Å². The molecule has 1 atom stereocenters. The molecule has 1 amide bonds. The summed E-state index contributed by atoms with van der Waals surface area (Å²) in [6, 6.07) is 4.78. The molecule has 0 aliphatic heterocycles. The van der Waals surface area contributed by atoms with Crippen LogP contribution in [0.1, 0.15) is 57.1 Å². The summed E-state index contributed by atoms with van der Waals surface area (Å²) in [7, 11) is 0. The van der Waals surface area contributed by atoms with Gasteiger partial charge in [0.2, 0.25) is 0 Å². The van der Waals surface area contributed by atoms with Gasteiger partial charge in [-0.25, -0.2) is 0 Å². The van der Waals surface area contributed by atoms with E-state index in [1.807, 2.05) is 0 Å². The molecule has 1 fully saturated rings. The largest absolute Gasteiger partial charge is 0.471 e. The standard InChI is InChI=1S/C19H24F3NO3/c20-19(21,22)17(25)23-12-8-16(24)15-6-4-5-14(13-15)7-11-18(26)9-2-1-3-10-18/h4-7,11,13,16,24,26H,1-3,8-10,12H2,(H,23,25)/b11-7+/i6D. The summed E-state index contributed by atoms with van der Waals surface area (Å²) < 4.78 is 44.3. The lowest BCUT2D eigenvalue weighted by Crippen LogP contribution is -2.37. The van der Waals surface area contributed by atoms with Crippen molar-refractivity contribution in [2.24, 2.45) is 0 Å². The third-order valence-electron chi connectivity index (χ3n) is 4.47. The SMILES string of the molecule is [2H]c1ccc(/C=C/C2(O)CCCCC2)cc1C(O)CCNC(=O)C(F)(F)F. The maximum Gasteiger partial charge on any atom is 0.471 e. The summed E-state index contributed by atoms with van der Waals surface area (Å²) in [4.78, 5) is 10.8. The van der Waals surface area contributed by atoms with Gasteiger partial charge in [-0.15, -0.1) is 0 Å². The van der Waals surface area contributed by atoms with Crippen molar-refractivity contribution in [3.8, 4) is 0 Å². The second-order valence-corrected chi connectivity index (χ2v) is 6.63. The van der Waals surface area contributed by atoms with Crippen LogP contribution < -0.4 is 5.32 Å². The number of nitrogens with one attached hydrogen (secondary N) is 1. The van der Waals surface area contributed by atoms with Gasteiger partial charge in [-0.2, -0.15) is 13.2 Å². The van der Waals surface area contributed by atoms with Crippen LogP contribution in [-0.4, -0.2) is 34.4 Å². The molecule has 0 radical (unpaired) electrons. The highest BCUT2D eigenvalue weighted by atomic mass is 19.4. The molecule has 0 bridgehead atoms. The fourth-order valence-electron chi connectivity index (χ4n) is 2.96. The second kappa shape index (κ2) is 8.68. The minimum absolute atomic E-state index is 0.0539. The third-order valence-corrected chi connectivity index (χ3v) is 4.47. The number of halogens is 3. The first-order valence-electron chi connectivity index (χ1n) is 9.16. The van der Waals surface area contributed by atoms with Crippen LogP contribution in [0.5, 0.6) is 0 Å². The molecule has 4 nitrogen and oxygen atoms in total. The molecule has 1 unspecified atom stereocenters. The van der Waals surface area contributed by atoms with E-state index >= 15 is 0 Å². The lowest BCUT2D eigenvalue weighted by molar-refractivity contribution is -0.173. The van der Waals surface area contributed by atoms with E-state index in [1.165, 1.54) is 6.07 Å². The molecule has 0 heterocycles. The van der Waals surface area contributed by atoms with Crippen LogP contribution in [0.4, 0.5) is 13.2 Å². The molecular weight excluding hydrogens is 347 g/mol. The maximum atomic E-state index is 12.2. The number of aliphatic hydroxyl groups excluding tert-OH is 1. The van der Waals surface area contributed by atoms with Crippen LogP contribution >= 0.6 is 0 Å². The molecule has 3 N–H and O–H groups in total. The zero-order chi connectivity index (χ0) is 20.1. The molecule has 1 saturated carbocycles. The number of hydrogen-bond acceptors (Lipinski definition) is 3. The lowest BCUT2D eigenvalue weighted by Gasteiger charge is -2.28. The molecule has 7 heteroatoms. The Labute approximate surface area is 152 Å². The van der Waals surface area contributed by atoms with E-state index in [-0.39, 0.29) is 24.6 Å². The van der Waals surface area contributed by atoms with Gasteiger partial charge < -0.3 is 15.5 Å². The molecule has 1 aliphatic rings. The Morgan fingerprint density at radius 1 is 1.38 bits per heavy atom. The van der Waals surface area contributed by atoms with Crippen molar-refractivity contribution >= 4 is 12.0 Å². The van der Waals surface area contributed by atoms with Crippen LogP contribution in [0.25, 0.3) is 6.08 Å². The van der Waals surface area contributed by atoms with Gasteiger partial charge in [-0.1, -0.05) is 49.6 Å². The Bertz CT molecular complexity index is 685. The van der Waals surface area contributed by atoms with E-state index in [2.05, 4.69) is 0 Å². The smallest absolute Gasteiger partial charge is 0.388 e. The average molecular weight is 372 g/mol. The number of amides is 1. The Morgan fingerprint density at radius 3 is 2.73 bits per heavy atom. The monoisotopic (exact) mass is 372 g/mol. The fourth-order valence-corrected chi connectivity index (χ4v) is 2.96. The first-order valence-corrected chi connectivity index (χ1v) is 8.66. The van der Waals surface area contributed by atoms with Crippen LogP contribution in [0.3, 0.4) is 0 Å². The van der Waals surface area contributed by atoms with Crippen molar-refractivity contribution in [1.29, 1.82) is 0 Å². The molecule has 144 valence electrons. The van der Waals surface area contributed by atoms with Crippen molar-refractivity contribution in [2.75, 3.05) is 6.54 Å². The molecule has 0 aromatic heterocycles. The topological polar surface area (TPSA) is 69.6 Å². The van der Waals surface area contributed by atoms with Crippen LogP contribution in [0, 0.1) is 0 Å². The highest BCUT2D eigenvalue weighted by molar-refractivity contribution is 5.81. The van der Waals surface area contributed by atoms with Crippen molar-refractivity contribution < 1.29 is 29.5 Å². The summed E-state index contributed by atoms with van der Waals surface area (Å²) in [5.41, 5.74) is 0.0888. The Morgan fingerprint density at radius 2 is 2.08 bits per heavy atom. The summed E-state index contributed by atoms with van der Waals surface area (Å²) in [6.45, 7) is -0.362. The molecular formula is C19H24F3NO3. The third kappa shape index (κ3) is 6.14. The van der Waals surface area contributed by atoms with Gasteiger partial charge in [0.05, 0.1) is 13.1 Å². The van der Waals surface area contributed by atoms with E-state index in [1.54, 1.807) is 29.6 Å². The minimum atomic E-state index is -4.96. The van der Waals surface area contributed by atoms with Crippen LogP contribution in [0.2, 0.25) is 0 Å². The number of carbonyl (C=O) groups is 1. The number of rotatable bonds is 6. The van der Waals surface area contributed by atoms with E-state index in [4.69, 9.17) is 1.37 Å². The zero-order valence-corrected chi connectivity index (χ0v) is 14.4. The molecule has 26 heavy (non-hydrogen) atoms. The Balaban J connectivity index is 2.00. The number of carbonyl (C=O) groups excluding carboxylic acids is 1. The van der Waals surface area contributed by atoms with E-state index in [0.29, 0.717) is 18.4 Å². The normalized spacial score (nSPS) is 19.2. The summed E-state index contributed by atoms with van der Waals surface area (Å²) in [6.07, 6.45) is 1.56. The van der Waals surface area contributed by atoms with E-state index < -0.39 is 23.8 Å². The fraction of sp³-hybridized carbons (Fsp3) is 0.526. The molecule has 1 aliphatic carbocycles. The minimum Gasteiger partial charge on any atom is -0.388 e. The van der Waals surface area contributed by atoms with Crippen molar-refractivity contribution in [3.63, 3.8) is 0 Å². The van der Waals surface area contributed by atoms with Crippen LogP contribution in [-0.2, 0) is 4.79 Å². The van der Waals surface area contributed by atoms with Crippen molar-refractivity contribution in [2.45, 2.75) is 56.4 Å². The lowest BCUT2D eigenvalue weighted by atomic mass is 9.84. The van der Waals surface area contributed by atoms with Gasteiger partial charge in [0.15, 0.2) is 0 Å². The number of alkyl halides is 3. The van der Waals surface area contributed by atoms with Gasteiger partial charge in [0.25, 0.3) is 0 Å². The maximum absolute atomic E-state index is 12.2. The highest BCUT2D eigenvalue weighted by Crippen LogP contribution is 2.30. The summed E-state index contributed by atoms with van der Waals surface area (Å²) >= 11 is 0. The van der Waals surface area contributed by atoms with Gasteiger partial charge >= 0.3 is 12.1 Å². The van der Waals surface area contributed by atoms with Gasteiger partial charge in [0.1, 0.15) is 0 Å². The predicted octanol–water partition coefficient (Wildman–Crippen LogP) is 3.50. The van der Waals surface area contributed by atoms with Gasteiger partial charge in [0, 0.05) is 6.54 Å².